The zero-order valence-corrected chi connectivity index (χ0v) is 21.2. The molecular weight excluding hydrogens is 588 g/mol. The third-order valence-electron chi connectivity index (χ3n) is 5.50. The Labute approximate surface area is 231 Å². The Hall–Kier alpha value is -4.60. The summed E-state index contributed by atoms with van der Waals surface area (Å²) in [5, 5.41) is 21.9. The predicted molar refractivity (Wildman–Crippen MR) is 135 cm³/mol. The summed E-state index contributed by atoms with van der Waals surface area (Å²) >= 11 is 6.23. The quantitative estimate of drug-likeness (QED) is 0.365. The number of halogens is 7. The Morgan fingerprint density at radius 3 is 2.22 bits per heavy atom. The van der Waals surface area contributed by atoms with E-state index in [0.29, 0.717) is 16.6 Å². The molecule has 41 heavy (non-hydrogen) atoms. The van der Waals surface area contributed by atoms with Crippen molar-refractivity contribution in [1.29, 1.82) is 0 Å². The minimum atomic E-state index is -5.08. The number of aliphatic imine (C=N–C) groups is 2. The number of anilines is 1. The van der Waals surface area contributed by atoms with Gasteiger partial charge in [-0.05, 0) is 42.5 Å². The monoisotopic (exact) mass is 605 g/mol. The number of aromatic nitrogens is 1. The number of hydrogen-bond donors (Lipinski definition) is 4. The van der Waals surface area contributed by atoms with Crippen LogP contribution in [0.3, 0.4) is 0 Å². The number of ether oxygens (including phenoxy) is 1. The van der Waals surface area contributed by atoms with Crippen molar-refractivity contribution in [2.75, 3.05) is 12.4 Å². The molecule has 5 rings (SSSR count). The topological polar surface area (TPSA) is 146 Å². The number of carboxylic acid groups (broad SMARTS) is 2. The highest BCUT2D eigenvalue weighted by Gasteiger charge is 2.55. The number of carbonyl (C=O) groups is 2. The first kappa shape index (κ1) is 30.9. The average molecular weight is 606 g/mol. The average Bonchev–Trinajstić information content (AvgIpc) is 3.15. The van der Waals surface area contributed by atoms with Gasteiger partial charge in [-0.15, -0.1) is 0 Å². The number of methoxy groups -OCH3 is 1. The van der Waals surface area contributed by atoms with Crippen molar-refractivity contribution in [2.45, 2.75) is 23.6 Å². The van der Waals surface area contributed by atoms with Crippen LogP contribution in [0.4, 0.5) is 32.2 Å². The first-order valence-electron chi connectivity index (χ1n) is 11.0. The van der Waals surface area contributed by atoms with Crippen molar-refractivity contribution in [3.05, 3.63) is 71.0 Å². The second kappa shape index (κ2) is 11.5. The molecule has 2 atom stereocenters. The number of benzene rings is 1. The molecule has 3 aliphatic rings. The van der Waals surface area contributed by atoms with Gasteiger partial charge in [0.2, 0.25) is 0 Å². The van der Waals surface area contributed by atoms with Crippen LogP contribution in [-0.4, -0.2) is 69.9 Å². The lowest BCUT2D eigenvalue weighted by Crippen LogP contribution is -2.61. The van der Waals surface area contributed by atoms with Gasteiger partial charge in [-0.25, -0.2) is 19.6 Å². The van der Waals surface area contributed by atoms with Crippen molar-refractivity contribution in [3.63, 3.8) is 0 Å². The molecule has 10 nitrogen and oxygen atoms in total. The Bertz CT molecular complexity index is 1440. The summed E-state index contributed by atoms with van der Waals surface area (Å²) in [5.41, 5.74) is 0.309. The molecule has 17 heteroatoms. The van der Waals surface area contributed by atoms with Crippen LogP contribution >= 0.6 is 11.6 Å². The van der Waals surface area contributed by atoms with Crippen molar-refractivity contribution in [2.24, 2.45) is 9.98 Å². The van der Waals surface area contributed by atoms with Crippen LogP contribution in [0.2, 0.25) is 5.02 Å². The lowest BCUT2D eigenvalue weighted by atomic mass is 9.84. The minimum absolute atomic E-state index is 0.611. The number of nitrogens with one attached hydrogen (secondary N) is 2. The zero-order valence-electron chi connectivity index (χ0n) is 20.5. The summed E-state index contributed by atoms with van der Waals surface area (Å²) in [6, 6.07) is 9.39. The van der Waals surface area contributed by atoms with E-state index in [1.54, 1.807) is 31.8 Å². The Morgan fingerprint density at radius 1 is 1.00 bits per heavy atom. The fourth-order valence-corrected chi connectivity index (χ4v) is 3.82. The van der Waals surface area contributed by atoms with E-state index < -0.39 is 35.5 Å². The van der Waals surface area contributed by atoms with Gasteiger partial charge >= 0.3 is 24.3 Å². The molecule has 0 radical (unpaired) electrons. The first-order valence-corrected chi connectivity index (χ1v) is 11.4. The second-order valence-corrected chi connectivity index (χ2v) is 8.60. The standard InChI is InChI=1S/C20H16ClN5O.2C2HF3O2/c1-27-16-5-4-14(21)11-15(16)18-24-19-7-6-13-3-2-9-23-17(13)25-20(19,26-18)12-22-10-8-19;2*3-2(4,5)1(6)7/h2-12H,1H3,(H,23,25)(H,24,26);2*(H,6,7). The van der Waals surface area contributed by atoms with Crippen LogP contribution in [0.1, 0.15) is 11.1 Å². The molecule has 0 spiro atoms. The van der Waals surface area contributed by atoms with Crippen LogP contribution in [-0.2, 0) is 9.59 Å². The Kier molecular flexibility index (Phi) is 8.66. The van der Waals surface area contributed by atoms with Crippen molar-refractivity contribution in [1.82, 2.24) is 10.3 Å². The van der Waals surface area contributed by atoms with E-state index in [9.17, 15) is 26.3 Å². The molecule has 0 saturated carbocycles. The summed E-state index contributed by atoms with van der Waals surface area (Å²) in [7, 11) is 1.63. The van der Waals surface area contributed by atoms with Gasteiger partial charge in [0.05, 0.1) is 18.9 Å². The molecule has 2 aromatic rings. The summed E-state index contributed by atoms with van der Waals surface area (Å²) in [6.07, 6.45) is 1.29. The van der Waals surface area contributed by atoms with Gasteiger partial charge in [-0.2, -0.15) is 26.3 Å². The molecule has 4 N–H and O–H groups in total. The number of carboxylic acids is 2. The highest BCUT2D eigenvalue weighted by atomic mass is 35.5. The van der Waals surface area contributed by atoms with Crippen LogP contribution < -0.4 is 15.4 Å². The largest absolute Gasteiger partial charge is 0.496 e. The third-order valence-corrected chi connectivity index (χ3v) is 5.74. The molecule has 0 fully saturated rings. The minimum Gasteiger partial charge on any atom is -0.496 e. The molecule has 218 valence electrons. The van der Waals surface area contributed by atoms with Crippen molar-refractivity contribution in [3.8, 4) is 5.75 Å². The number of alkyl halides is 6. The summed E-state index contributed by atoms with van der Waals surface area (Å²) < 4.78 is 69.0. The van der Waals surface area contributed by atoms with Gasteiger partial charge in [0, 0.05) is 23.0 Å². The zero-order chi connectivity index (χ0) is 30.6. The molecule has 1 aromatic heterocycles. The molecule has 2 unspecified atom stereocenters. The van der Waals surface area contributed by atoms with Crippen LogP contribution in [0, 0.1) is 0 Å². The molecule has 0 amide bonds. The molecular formula is C24H18ClF6N5O5. The normalized spacial score (nSPS) is 21.5. The number of nitrogens with zero attached hydrogens (tertiary/aromatic N) is 3. The van der Waals surface area contributed by atoms with Gasteiger partial charge in [-0.1, -0.05) is 17.7 Å². The molecule has 0 saturated heterocycles. The van der Waals surface area contributed by atoms with E-state index in [-0.39, 0.29) is 0 Å². The molecule has 1 aromatic carbocycles. The number of hydrogen-bond acceptors (Lipinski definition) is 8. The van der Waals surface area contributed by atoms with Crippen LogP contribution in [0.5, 0.6) is 5.75 Å². The second-order valence-electron chi connectivity index (χ2n) is 8.16. The predicted octanol–water partition coefficient (Wildman–Crippen LogP) is 4.53. The first-order chi connectivity index (χ1) is 19.0. The van der Waals surface area contributed by atoms with E-state index in [4.69, 9.17) is 41.1 Å². The maximum atomic E-state index is 10.6. The lowest BCUT2D eigenvalue weighted by Gasteiger charge is -2.38. The Morgan fingerprint density at radius 2 is 1.63 bits per heavy atom. The fourth-order valence-electron chi connectivity index (χ4n) is 3.64. The Balaban J connectivity index is 0.000000276. The molecule has 4 heterocycles. The van der Waals surface area contributed by atoms with Crippen LogP contribution in [0.15, 0.2) is 64.9 Å². The van der Waals surface area contributed by atoms with Crippen molar-refractivity contribution < 1.29 is 50.9 Å². The van der Waals surface area contributed by atoms with Crippen LogP contribution in [0.25, 0.3) is 6.08 Å². The van der Waals surface area contributed by atoms with Gasteiger partial charge in [0.15, 0.2) is 5.66 Å². The number of amidine groups is 1. The summed E-state index contributed by atoms with van der Waals surface area (Å²) in [5.74, 6) is -3.40. The van der Waals surface area contributed by atoms with E-state index >= 15 is 0 Å². The fraction of sp³-hybridized carbons (Fsp3) is 0.208. The summed E-state index contributed by atoms with van der Waals surface area (Å²) in [4.78, 5) is 31.6. The molecule has 0 aliphatic carbocycles. The number of aliphatic carboxylic acids is 2. The van der Waals surface area contributed by atoms with Gasteiger partial charge in [0.25, 0.3) is 0 Å². The molecule has 0 bridgehead atoms. The maximum Gasteiger partial charge on any atom is 0.490 e. The highest BCUT2D eigenvalue weighted by molar-refractivity contribution is 6.31. The van der Waals surface area contributed by atoms with Gasteiger partial charge in [-0.3, -0.25) is 4.99 Å². The highest BCUT2D eigenvalue weighted by Crippen LogP contribution is 2.41. The number of pyridine rings is 1. The number of fused-ring (bicyclic) bond motifs is 1. The van der Waals surface area contributed by atoms with Gasteiger partial charge in [0.1, 0.15) is 22.9 Å². The smallest absolute Gasteiger partial charge is 0.490 e. The van der Waals surface area contributed by atoms with E-state index in [1.807, 2.05) is 36.4 Å². The summed E-state index contributed by atoms with van der Waals surface area (Å²) in [6.45, 7) is 0. The maximum absolute atomic E-state index is 10.6. The lowest BCUT2D eigenvalue weighted by molar-refractivity contribution is -0.193. The van der Waals surface area contributed by atoms with Crippen molar-refractivity contribution >= 4 is 47.5 Å². The van der Waals surface area contributed by atoms with E-state index in [0.717, 1.165) is 16.9 Å². The SMILES string of the molecule is COc1ccc(Cl)cc1C1=NC23C=NC=CC2(C=Cc2cccnc2N3)N1.O=C(O)C(F)(F)F.O=C(O)C(F)(F)F. The van der Waals surface area contributed by atoms with E-state index in [1.165, 1.54) is 0 Å². The van der Waals surface area contributed by atoms with Gasteiger partial charge < -0.3 is 25.6 Å². The number of rotatable bonds is 2. The molecule has 3 aliphatic heterocycles. The third kappa shape index (κ3) is 6.77. The van der Waals surface area contributed by atoms with E-state index in [2.05, 4.69) is 26.7 Å².